The van der Waals surface area contributed by atoms with E-state index in [0.29, 0.717) is 12.5 Å². The maximum absolute atomic E-state index is 13.4. The molecule has 22 heavy (non-hydrogen) atoms. The molecule has 2 unspecified atom stereocenters. The van der Waals surface area contributed by atoms with Crippen molar-refractivity contribution in [3.05, 3.63) is 33.6 Å². The summed E-state index contributed by atoms with van der Waals surface area (Å²) in [6.07, 6.45) is 0.705. The number of nitro groups is 1. The fourth-order valence-electron chi connectivity index (χ4n) is 1.91. The lowest BCUT2D eigenvalue weighted by atomic mass is 9.88. The van der Waals surface area contributed by atoms with Gasteiger partial charge in [-0.15, -0.1) is 0 Å². The van der Waals surface area contributed by atoms with E-state index in [2.05, 4.69) is 5.32 Å². The first-order valence-corrected chi connectivity index (χ1v) is 6.84. The van der Waals surface area contributed by atoms with Gasteiger partial charge in [0.25, 0.3) is 11.6 Å². The van der Waals surface area contributed by atoms with Crippen LogP contribution < -0.4 is 11.1 Å². The first kappa shape index (κ1) is 17.8. The largest absolute Gasteiger partial charge is 0.393 e. The van der Waals surface area contributed by atoms with Gasteiger partial charge in [0.2, 0.25) is 0 Å². The normalized spacial score (nSPS) is 15.0. The third kappa shape index (κ3) is 3.91. The number of anilines is 1. The number of nitrogen functional groups attached to an aromatic ring is 1. The highest BCUT2D eigenvalue weighted by Gasteiger charge is 2.29. The van der Waals surface area contributed by atoms with Crippen molar-refractivity contribution < 1.29 is 19.2 Å². The standard InChI is InChI=1S/C14H20FN3O4/c1-4-8(2)14(3,20)7-17-13(19)10-5-9(15)6-11(12(10)16)18(21)22/h5-6,8,20H,4,7,16H2,1-3H3,(H,17,19). The molecule has 1 amide bonds. The maximum Gasteiger partial charge on any atom is 0.295 e. The highest BCUT2D eigenvalue weighted by molar-refractivity contribution is 6.01. The smallest absolute Gasteiger partial charge is 0.295 e. The number of halogens is 1. The Labute approximate surface area is 127 Å². The monoisotopic (exact) mass is 313 g/mol. The predicted molar refractivity (Wildman–Crippen MR) is 79.9 cm³/mol. The first-order chi connectivity index (χ1) is 10.1. The van der Waals surface area contributed by atoms with Crippen LogP contribution in [0.25, 0.3) is 0 Å². The molecule has 0 aliphatic carbocycles. The molecule has 0 heterocycles. The van der Waals surface area contributed by atoms with E-state index in [4.69, 9.17) is 5.73 Å². The molecule has 1 aromatic carbocycles. The van der Waals surface area contributed by atoms with Crippen molar-refractivity contribution >= 4 is 17.3 Å². The number of carbonyl (C=O) groups is 1. The summed E-state index contributed by atoms with van der Waals surface area (Å²) in [7, 11) is 0. The lowest BCUT2D eigenvalue weighted by Crippen LogP contribution is -2.45. The molecule has 0 spiro atoms. The topological polar surface area (TPSA) is 118 Å². The van der Waals surface area contributed by atoms with E-state index in [9.17, 15) is 24.4 Å². The van der Waals surface area contributed by atoms with Crippen LogP contribution in [0.4, 0.5) is 15.8 Å². The zero-order valence-corrected chi connectivity index (χ0v) is 12.7. The van der Waals surface area contributed by atoms with Crippen molar-refractivity contribution in [3.8, 4) is 0 Å². The second kappa shape index (κ2) is 6.69. The molecule has 0 aliphatic heterocycles. The molecule has 1 aromatic rings. The zero-order chi connectivity index (χ0) is 17.1. The number of nitrogens with two attached hydrogens (primary N) is 1. The minimum atomic E-state index is -1.15. The lowest BCUT2D eigenvalue weighted by molar-refractivity contribution is -0.384. The number of nitro benzene ring substituents is 1. The molecular weight excluding hydrogens is 293 g/mol. The molecule has 7 nitrogen and oxygen atoms in total. The van der Waals surface area contributed by atoms with Crippen LogP contribution in [0.15, 0.2) is 12.1 Å². The molecular formula is C14H20FN3O4. The quantitative estimate of drug-likeness (QED) is 0.420. The van der Waals surface area contributed by atoms with Gasteiger partial charge in [0.05, 0.1) is 22.2 Å². The summed E-state index contributed by atoms with van der Waals surface area (Å²) < 4.78 is 13.4. The molecule has 122 valence electrons. The second-order valence-corrected chi connectivity index (χ2v) is 5.49. The summed E-state index contributed by atoms with van der Waals surface area (Å²) in [4.78, 5) is 22.0. The van der Waals surface area contributed by atoms with E-state index in [1.54, 1.807) is 6.92 Å². The predicted octanol–water partition coefficient (Wildman–Crippen LogP) is 1.84. The number of aliphatic hydroxyl groups is 1. The second-order valence-electron chi connectivity index (χ2n) is 5.49. The number of hydrogen-bond donors (Lipinski definition) is 3. The van der Waals surface area contributed by atoms with Crippen LogP contribution in [-0.2, 0) is 0 Å². The number of nitrogens with zero attached hydrogens (tertiary/aromatic N) is 1. The van der Waals surface area contributed by atoms with Gasteiger partial charge in [0, 0.05) is 6.54 Å². The highest BCUT2D eigenvalue weighted by atomic mass is 19.1. The van der Waals surface area contributed by atoms with Crippen molar-refractivity contribution in [1.82, 2.24) is 5.32 Å². The van der Waals surface area contributed by atoms with Crippen molar-refractivity contribution in [2.75, 3.05) is 12.3 Å². The van der Waals surface area contributed by atoms with Crippen molar-refractivity contribution in [1.29, 1.82) is 0 Å². The fourth-order valence-corrected chi connectivity index (χ4v) is 1.91. The Morgan fingerprint density at radius 2 is 2.18 bits per heavy atom. The Morgan fingerprint density at radius 1 is 1.59 bits per heavy atom. The summed E-state index contributed by atoms with van der Waals surface area (Å²) in [6.45, 7) is 5.21. The Balaban J connectivity index is 2.98. The van der Waals surface area contributed by atoms with Crippen LogP contribution in [0, 0.1) is 21.8 Å². The van der Waals surface area contributed by atoms with E-state index in [1.165, 1.54) is 0 Å². The SMILES string of the molecule is CCC(C)C(C)(O)CNC(=O)c1cc(F)cc([N+](=O)[O-])c1N. The summed E-state index contributed by atoms with van der Waals surface area (Å²) in [5.41, 5.74) is 2.99. The molecule has 0 aliphatic rings. The highest BCUT2D eigenvalue weighted by Crippen LogP contribution is 2.27. The zero-order valence-electron chi connectivity index (χ0n) is 12.7. The first-order valence-electron chi connectivity index (χ1n) is 6.84. The Hall–Kier alpha value is -2.22. The number of rotatable bonds is 6. The Morgan fingerprint density at radius 3 is 2.68 bits per heavy atom. The van der Waals surface area contributed by atoms with Gasteiger partial charge < -0.3 is 16.2 Å². The number of carbonyl (C=O) groups excluding carboxylic acids is 1. The molecule has 0 bridgehead atoms. The van der Waals surface area contributed by atoms with E-state index in [0.717, 1.165) is 6.07 Å². The average Bonchev–Trinajstić information content (AvgIpc) is 2.45. The van der Waals surface area contributed by atoms with E-state index in [-0.39, 0.29) is 18.0 Å². The van der Waals surface area contributed by atoms with Gasteiger partial charge in [0.15, 0.2) is 0 Å². The molecule has 1 rings (SSSR count). The minimum Gasteiger partial charge on any atom is -0.393 e. The number of hydrogen-bond acceptors (Lipinski definition) is 5. The molecule has 0 fully saturated rings. The third-order valence-corrected chi connectivity index (χ3v) is 3.85. The third-order valence-electron chi connectivity index (χ3n) is 3.85. The van der Waals surface area contributed by atoms with Crippen LogP contribution in [0.1, 0.15) is 37.6 Å². The van der Waals surface area contributed by atoms with Gasteiger partial charge in [-0.1, -0.05) is 20.3 Å². The van der Waals surface area contributed by atoms with Crippen molar-refractivity contribution in [2.24, 2.45) is 5.92 Å². The molecule has 4 N–H and O–H groups in total. The summed E-state index contributed by atoms with van der Waals surface area (Å²) >= 11 is 0. The molecule has 8 heteroatoms. The number of nitrogens with one attached hydrogen (secondary N) is 1. The number of amides is 1. The molecule has 0 saturated heterocycles. The van der Waals surface area contributed by atoms with Gasteiger partial charge >= 0.3 is 0 Å². The minimum absolute atomic E-state index is 0.0769. The number of benzene rings is 1. The molecule has 0 aromatic heterocycles. The molecule has 0 saturated carbocycles. The van der Waals surface area contributed by atoms with Crippen molar-refractivity contribution in [3.63, 3.8) is 0 Å². The van der Waals surface area contributed by atoms with E-state index >= 15 is 0 Å². The van der Waals surface area contributed by atoms with E-state index < -0.39 is 33.6 Å². The average molecular weight is 313 g/mol. The molecule has 2 atom stereocenters. The van der Waals surface area contributed by atoms with E-state index in [1.807, 2.05) is 13.8 Å². The summed E-state index contributed by atoms with van der Waals surface area (Å²) in [5, 5.41) is 23.4. The van der Waals surface area contributed by atoms with Crippen LogP contribution in [0.3, 0.4) is 0 Å². The van der Waals surface area contributed by atoms with Crippen LogP contribution in [0.5, 0.6) is 0 Å². The van der Waals surface area contributed by atoms with Crippen LogP contribution >= 0.6 is 0 Å². The maximum atomic E-state index is 13.4. The van der Waals surface area contributed by atoms with Crippen LogP contribution in [0.2, 0.25) is 0 Å². The van der Waals surface area contributed by atoms with Gasteiger partial charge in [0.1, 0.15) is 11.5 Å². The van der Waals surface area contributed by atoms with Gasteiger partial charge in [-0.3, -0.25) is 14.9 Å². The van der Waals surface area contributed by atoms with Crippen LogP contribution in [-0.4, -0.2) is 28.1 Å². The van der Waals surface area contributed by atoms with Gasteiger partial charge in [-0.25, -0.2) is 4.39 Å². The lowest BCUT2D eigenvalue weighted by Gasteiger charge is -2.29. The summed E-state index contributed by atoms with van der Waals surface area (Å²) in [6, 6.07) is 1.48. The van der Waals surface area contributed by atoms with Gasteiger partial charge in [-0.05, 0) is 18.9 Å². The van der Waals surface area contributed by atoms with Gasteiger partial charge in [-0.2, -0.15) is 0 Å². The fraction of sp³-hybridized carbons (Fsp3) is 0.500. The Bertz CT molecular complexity index is 590. The van der Waals surface area contributed by atoms with Crippen molar-refractivity contribution in [2.45, 2.75) is 32.8 Å². The molecule has 0 radical (unpaired) electrons. The Kier molecular flexibility index (Phi) is 5.43. The summed E-state index contributed by atoms with van der Waals surface area (Å²) in [5.74, 6) is -1.78.